The van der Waals surface area contributed by atoms with E-state index in [0.717, 1.165) is 18.9 Å². The fraction of sp³-hybridized carbons (Fsp3) is 0.235. The third-order valence-electron chi connectivity index (χ3n) is 3.06. The normalized spacial score (nSPS) is 10.4. The number of carbonyl (C=O) groups is 1. The Kier molecular flexibility index (Phi) is 5.04. The highest BCUT2D eigenvalue weighted by Gasteiger charge is 2.08. The third kappa shape index (κ3) is 4.12. The molecule has 0 radical (unpaired) electrons. The SMILES string of the molecule is CCCCC(=O)Oc1ccc(-c2ccc(F)cc2F)cc1. The summed E-state index contributed by atoms with van der Waals surface area (Å²) in [6.07, 6.45) is 2.10. The van der Waals surface area contributed by atoms with Crippen LogP contribution in [-0.4, -0.2) is 5.97 Å². The number of hydrogen-bond acceptors (Lipinski definition) is 2. The molecule has 0 atom stereocenters. The molecule has 21 heavy (non-hydrogen) atoms. The quantitative estimate of drug-likeness (QED) is 0.588. The molecule has 0 N–H and O–H groups in total. The maximum absolute atomic E-state index is 13.7. The van der Waals surface area contributed by atoms with Gasteiger partial charge in [0, 0.05) is 18.1 Å². The highest BCUT2D eigenvalue weighted by Crippen LogP contribution is 2.25. The van der Waals surface area contributed by atoms with E-state index >= 15 is 0 Å². The van der Waals surface area contributed by atoms with E-state index in [9.17, 15) is 13.6 Å². The zero-order valence-electron chi connectivity index (χ0n) is 11.7. The molecule has 0 amide bonds. The zero-order valence-corrected chi connectivity index (χ0v) is 11.7. The molecule has 0 aliphatic carbocycles. The Morgan fingerprint density at radius 2 is 1.81 bits per heavy atom. The van der Waals surface area contributed by atoms with E-state index in [-0.39, 0.29) is 5.97 Å². The summed E-state index contributed by atoms with van der Waals surface area (Å²) in [7, 11) is 0. The lowest BCUT2D eigenvalue weighted by Crippen LogP contribution is -2.07. The molecule has 0 aliphatic heterocycles. The summed E-state index contributed by atoms with van der Waals surface area (Å²) in [5.41, 5.74) is 0.904. The molecule has 0 unspecified atom stereocenters. The van der Waals surface area contributed by atoms with E-state index in [0.29, 0.717) is 23.3 Å². The van der Waals surface area contributed by atoms with Gasteiger partial charge in [0.2, 0.25) is 0 Å². The lowest BCUT2D eigenvalue weighted by atomic mass is 10.1. The summed E-state index contributed by atoms with van der Waals surface area (Å²) in [5, 5.41) is 0. The van der Waals surface area contributed by atoms with Crippen molar-refractivity contribution in [1.82, 2.24) is 0 Å². The van der Waals surface area contributed by atoms with Gasteiger partial charge in [0.15, 0.2) is 0 Å². The lowest BCUT2D eigenvalue weighted by molar-refractivity contribution is -0.134. The van der Waals surface area contributed by atoms with E-state index in [2.05, 4.69) is 0 Å². The molecule has 2 aromatic rings. The smallest absolute Gasteiger partial charge is 0.311 e. The van der Waals surface area contributed by atoms with Crippen LogP contribution >= 0.6 is 0 Å². The predicted octanol–water partition coefficient (Wildman–Crippen LogP) is 4.73. The molecular weight excluding hydrogens is 274 g/mol. The largest absolute Gasteiger partial charge is 0.427 e. The molecule has 0 aliphatic rings. The maximum atomic E-state index is 13.7. The van der Waals surface area contributed by atoms with E-state index in [1.165, 1.54) is 12.1 Å². The van der Waals surface area contributed by atoms with Gasteiger partial charge in [-0.15, -0.1) is 0 Å². The van der Waals surface area contributed by atoms with Crippen molar-refractivity contribution >= 4 is 5.97 Å². The van der Waals surface area contributed by atoms with Crippen LogP contribution in [0.3, 0.4) is 0 Å². The molecule has 2 aromatic carbocycles. The van der Waals surface area contributed by atoms with Crippen molar-refractivity contribution in [3.63, 3.8) is 0 Å². The second-order valence-electron chi connectivity index (χ2n) is 4.73. The minimum Gasteiger partial charge on any atom is -0.427 e. The van der Waals surface area contributed by atoms with Crippen LogP contribution in [0.5, 0.6) is 5.75 Å². The molecule has 0 saturated carbocycles. The Morgan fingerprint density at radius 1 is 1.10 bits per heavy atom. The molecule has 0 spiro atoms. The summed E-state index contributed by atoms with van der Waals surface area (Å²) in [5.74, 6) is -1.10. The number of unbranched alkanes of at least 4 members (excludes halogenated alkanes) is 1. The van der Waals surface area contributed by atoms with Crippen LogP contribution in [0, 0.1) is 11.6 Å². The summed E-state index contributed by atoms with van der Waals surface area (Å²) < 4.78 is 31.7. The van der Waals surface area contributed by atoms with E-state index in [1.807, 2.05) is 6.92 Å². The number of rotatable bonds is 5. The molecule has 0 bridgehead atoms. The van der Waals surface area contributed by atoms with Crippen LogP contribution in [0.1, 0.15) is 26.2 Å². The second-order valence-corrected chi connectivity index (χ2v) is 4.73. The van der Waals surface area contributed by atoms with Gasteiger partial charge in [-0.25, -0.2) is 8.78 Å². The van der Waals surface area contributed by atoms with Crippen molar-refractivity contribution in [2.75, 3.05) is 0 Å². The van der Waals surface area contributed by atoms with Gasteiger partial charge in [-0.05, 0) is 36.2 Å². The molecule has 0 saturated heterocycles. The topological polar surface area (TPSA) is 26.3 Å². The lowest BCUT2D eigenvalue weighted by Gasteiger charge is -2.06. The highest BCUT2D eigenvalue weighted by molar-refractivity contribution is 5.73. The van der Waals surface area contributed by atoms with Crippen molar-refractivity contribution in [2.24, 2.45) is 0 Å². The van der Waals surface area contributed by atoms with Crippen molar-refractivity contribution < 1.29 is 18.3 Å². The van der Waals surface area contributed by atoms with Gasteiger partial charge in [0.25, 0.3) is 0 Å². The number of halogens is 2. The first-order chi connectivity index (χ1) is 10.1. The van der Waals surface area contributed by atoms with Gasteiger partial charge >= 0.3 is 5.97 Å². The molecule has 4 heteroatoms. The van der Waals surface area contributed by atoms with Crippen LogP contribution in [-0.2, 0) is 4.79 Å². The van der Waals surface area contributed by atoms with Crippen molar-refractivity contribution in [2.45, 2.75) is 26.2 Å². The summed E-state index contributed by atoms with van der Waals surface area (Å²) in [6, 6.07) is 9.90. The summed E-state index contributed by atoms with van der Waals surface area (Å²) in [4.78, 5) is 11.5. The standard InChI is InChI=1S/C17H16F2O2/c1-2-3-4-17(20)21-14-8-5-12(6-9-14)15-10-7-13(18)11-16(15)19/h5-11H,2-4H2,1H3. The van der Waals surface area contributed by atoms with Gasteiger partial charge in [-0.1, -0.05) is 25.5 Å². The molecule has 0 heterocycles. The number of benzene rings is 2. The molecule has 2 nitrogen and oxygen atoms in total. The van der Waals surface area contributed by atoms with Gasteiger partial charge in [-0.2, -0.15) is 0 Å². The van der Waals surface area contributed by atoms with Gasteiger partial charge in [-0.3, -0.25) is 4.79 Å². The monoisotopic (exact) mass is 290 g/mol. The Labute approximate surface area is 122 Å². The Morgan fingerprint density at radius 3 is 2.43 bits per heavy atom. The summed E-state index contributed by atoms with van der Waals surface area (Å²) in [6.45, 7) is 2.00. The van der Waals surface area contributed by atoms with Gasteiger partial charge in [0.1, 0.15) is 17.4 Å². The minimum atomic E-state index is -0.623. The fourth-order valence-electron chi connectivity index (χ4n) is 1.93. The molecule has 110 valence electrons. The predicted molar refractivity (Wildman–Crippen MR) is 77.0 cm³/mol. The van der Waals surface area contributed by atoms with Crippen molar-refractivity contribution in [3.05, 3.63) is 54.1 Å². The van der Waals surface area contributed by atoms with Crippen LogP contribution < -0.4 is 4.74 Å². The summed E-state index contributed by atoms with van der Waals surface area (Å²) >= 11 is 0. The first kappa shape index (κ1) is 15.2. The first-order valence-electron chi connectivity index (χ1n) is 6.86. The highest BCUT2D eigenvalue weighted by atomic mass is 19.1. The Hall–Kier alpha value is -2.23. The number of carbonyl (C=O) groups excluding carboxylic acids is 1. The Bertz CT molecular complexity index is 621. The average Bonchev–Trinajstić information content (AvgIpc) is 2.46. The second kappa shape index (κ2) is 6.97. The van der Waals surface area contributed by atoms with Crippen molar-refractivity contribution in [3.8, 4) is 16.9 Å². The van der Waals surface area contributed by atoms with E-state index < -0.39 is 11.6 Å². The Balaban J connectivity index is 2.10. The first-order valence-corrected chi connectivity index (χ1v) is 6.86. The van der Waals surface area contributed by atoms with Crippen LogP contribution in [0.4, 0.5) is 8.78 Å². The molecule has 0 fully saturated rings. The molecular formula is C17H16F2O2. The number of esters is 1. The molecule has 2 rings (SSSR count). The molecule has 0 aromatic heterocycles. The van der Waals surface area contributed by atoms with Crippen LogP contribution in [0.15, 0.2) is 42.5 Å². The average molecular weight is 290 g/mol. The van der Waals surface area contributed by atoms with E-state index in [1.54, 1.807) is 24.3 Å². The zero-order chi connectivity index (χ0) is 15.2. The number of hydrogen-bond donors (Lipinski definition) is 0. The fourth-order valence-corrected chi connectivity index (χ4v) is 1.93. The maximum Gasteiger partial charge on any atom is 0.311 e. The van der Waals surface area contributed by atoms with Crippen LogP contribution in [0.2, 0.25) is 0 Å². The van der Waals surface area contributed by atoms with Gasteiger partial charge < -0.3 is 4.74 Å². The minimum absolute atomic E-state index is 0.280. The third-order valence-corrected chi connectivity index (χ3v) is 3.06. The number of ether oxygens (including phenoxy) is 1. The van der Waals surface area contributed by atoms with Gasteiger partial charge in [0.05, 0.1) is 0 Å². The van der Waals surface area contributed by atoms with Crippen molar-refractivity contribution in [1.29, 1.82) is 0 Å². The van der Waals surface area contributed by atoms with Crippen LogP contribution in [0.25, 0.3) is 11.1 Å². The van der Waals surface area contributed by atoms with E-state index in [4.69, 9.17) is 4.74 Å².